The average molecular weight is 325 g/mol. The molecule has 0 amide bonds. The lowest BCUT2D eigenvalue weighted by Crippen LogP contribution is -2.45. The summed E-state index contributed by atoms with van der Waals surface area (Å²) in [5, 5.41) is 31.9. The number of rotatable bonds is 4. The van der Waals surface area contributed by atoms with Gasteiger partial charge in [0.2, 0.25) is 12.2 Å². The van der Waals surface area contributed by atoms with Gasteiger partial charge in [-0.05, 0) is 12.1 Å². The van der Waals surface area contributed by atoms with Crippen LogP contribution in [0, 0.1) is 0 Å². The van der Waals surface area contributed by atoms with Crippen molar-refractivity contribution in [3.63, 3.8) is 0 Å². The van der Waals surface area contributed by atoms with E-state index in [9.17, 15) is 24.1 Å². The maximum Gasteiger partial charge on any atom is 0.240 e. The molecule has 1 heterocycles. The van der Waals surface area contributed by atoms with Gasteiger partial charge >= 0.3 is 0 Å². The highest BCUT2D eigenvalue weighted by Gasteiger charge is 2.29. The topological polar surface area (TPSA) is 76.0 Å². The van der Waals surface area contributed by atoms with Crippen LogP contribution in [0.1, 0.15) is 18.0 Å². The molecule has 1 aromatic rings. The van der Waals surface area contributed by atoms with Crippen molar-refractivity contribution >= 4 is 12.4 Å². The predicted molar refractivity (Wildman–Crippen MR) is 76.5 cm³/mol. The van der Waals surface area contributed by atoms with Crippen LogP contribution >= 0.6 is 12.4 Å². The van der Waals surface area contributed by atoms with Gasteiger partial charge in [0.15, 0.2) is 11.5 Å². The number of halogens is 3. The number of hydrogen-bond acceptors (Lipinski definition) is 5. The van der Waals surface area contributed by atoms with Gasteiger partial charge in [0, 0.05) is 44.2 Å². The van der Waals surface area contributed by atoms with Gasteiger partial charge in [-0.1, -0.05) is 0 Å². The molecule has 0 bridgehead atoms. The van der Waals surface area contributed by atoms with Gasteiger partial charge in [-0.15, -0.1) is 12.4 Å². The molecule has 1 aromatic carbocycles. The van der Waals surface area contributed by atoms with Crippen LogP contribution in [0.15, 0.2) is 12.1 Å². The van der Waals surface area contributed by atoms with Gasteiger partial charge in [-0.2, -0.15) is 0 Å². The van der Waals surface area contributed by atoms with Gasteiger partial charge in [0.05, 0.1) is 0 Å². The van der Waals surface area contributed by atoms with E-state index in [2.05, 4.69) is 5.32 Å². The lowest BCUT2D eigenvalue weighted by molar-refractivity contribution is 0.0728. The quantitative estimate of drug-likeness (QED) is 0.636. The molecule has 0 aliphatic carbocycles. The number of hydrogen-bond donors (Lipinski definition) is 4. The van der Waals surface area contributed by atoms with Gasteiger partial charge in [-0.3, -0.25) is 4.90 Å². The smallest absolute Gasteiger partial charge is 0.240 e. The fraction of sp³-hybridized carbons (Fsp3) is 0.538. The Labute approximate surface area is 127 Å². The van der Waals surface area contributed by atoms with Gasteiger partial charge in [-0.25, -0.2) is 8.78 Å². The monoisotopic (exact) mass is 324 g/mol. The Kier molecular flexibility index (Phi) is 6.44. The lowest BCUT2D eigenvalue weighted by atomic mass is 9.99. The Hall–Kier alpha value is -1.31. The number of nitrogens with one attached hydrogen (secondary N) is 1. The second-order valence-electron chi connectivity index (χ2n) is 4.80. The number of benzene rings is 1. The fourth-order valence-electron chi connectivity index (χ4n) is 2.49. The summed E-state index contributed by atoms with van der Waals surface area (Å²) < 4.78 is 25.6. The maximum atomic E-state index is 12.8. The molecule has 0 spiro atoms. The zero-order valence-electron chi connectivity index (χ0n) is 11.3. The van der Waals surface area contributed by atoms with E-state index in [-0.39, 0.29) is 18.0 Å². The summed E-state index contributed by atoms with van der Waals surface area (Å²) in [4.78, 5) is 1.84. The molecule has 4 N–H and O–H groups in total. The molecule has 8 heteroatoms. The van der Waals surface area contributed by atoms with Crippen molar-refractivity contribution in [3.05, 3.63) is 17.7 Å². The van der Waals surface area contributed by atoms with Crippen molar-refractivity contribution in [3.8, 4) is 17.2 Å². The maximum absolute atomic E-state index is 12.8. The lowest BCUT2D eigenvalue weighted by Gasteiger charge is -2.35. The van der Waals surface area contributed by atoms with Crippen LogP contribution in [0.25, 0.3) is 0 Å². The first-order valence-corrected chi connectivity index (χ1v) is 6.47. The molecule has 5 nitrogen and oxygen atoms in total. The Balaban J connectivity index is 0.00000220. The van der Waals surface area contributed by atoms with E-state index >= 15 is 0 Å². The third kappa shape index (κ3) is 4.09. The standard InChI is InChI=1S/C13H18F2N2O3.ClH/c14-11(15)7-9(17-5-3-16-4-6-17)8-1-2-10(18)13(20)12(8)19;/h1-2,9,11,16,18-20H,3-7H2;1H/t9-;/m1./s1. The van der Waals surface area contributed by atoms with E-state index in [4.69, 9.17) is 0 Å². The molecule has 1 aliphatic rings. The molecule has 1 aliphatic heterocycles. The minimum Gasteiger partial charge on any atom is -0.504 e. The molecule has 1 saturated heterocycles. The molecule has 120 valence electrons. The number of alkyl halides is 2. The highest BCUT2D eigenvalue weighted by Crippen LogP contribution is 2.42. The van der Waals surface area contributed by atoms with Crippen LogP contribution in [-0.2, 0) is 0 Å². The number of nitrogens with zero attached hydrogens (tertiary/aromatic N) is 1. The summed E-state index contributed by atoms with van der Waals surface area (Å²) in [6.45, 7) is 2.53. The SMILES string of the molecule is Cl.Oc1ccc([C@@H](CC(F)F)N2CCNCC2)c(O)c1O. The fourth-order valence-corrected chi connectivity index (χ4v) is 2.49. The molecule has 0 aromatic heterocycles. The number of phenols is 3. The first-order chi connectivity index (χ1) is 9.50. The van der Waals surface area contributed by atoms with Crippen LogP contribution in [0.3, 0.4) is 0 Å². The summed E-state index contributed by atoms with van der Waals surface area (Å²) in [5.41, 5.74) is 0.211. The van der Waals surface area contributed by atoms with Crippen molar-refractivity contribution in [2.75, 3.05) is 26.2 Å². The van der Waals surface area contributed by atoms with Crippen LogP contribution in [0.5, 0.6) is 17.2 Å². The first-order valence-electron chi connectivity index (χ1n) is 6.47. The Bertz CT molecular complexity index is 471. The summed E-state index contributed by atoms with van der Waals surface area (Å²) in [6, 6.07) is 1.88. The number of aromatic hydroxyl groups is 3. The Morgan fingerprint density at radius 1 is 1.10 bits per heavy atom. The zero-order chi connectivity index (χ0) is 14.7. The van der Waals surface area contributed by atoms with E-state index in [1.54, 1.807) is 0 Å². The number of piperazine rings is 1. The molecule has 1 fully saturated rings. The Morgan fingerprint density at radius 3 is 2.29 bits per heavy atom. The molecular weight excluding hydrogens is 306 g/mol. The van der Waals surface area contributed by atoms with Crippen LogP contribution in [0.2, 0.25) is 0 Å². The van der Waals surface area contributed by atoms with E-state index < -0.39 is 36.1 Å². The van der Waals surface area contributed by atoms with E-state index in [1.165, 1.54) is 12.1 Å². The van der Waals surface area contributed by atoms with Crippen LogP contribution < -0.4 is 5.32 Å². The van der Waals surface area contributed by atoms with E-state index in [0.717, 1.165) is 0 Å². The minimum absolute atomic E-state index is 0. The molecule has 0 saturated carbocycles. The van der Waals surface area contributed by atoms with Crippen LogP contribution in [-0.4, -0.2) is 52.8 Å². The summed E-state index contributed by atoms with van der Waals surface area (Å²) in [6.07, 6.45) is -2.96. The number of phenolic OH excluding ortho intramolecular Hbond substituents is 3. The summed E-state index contributed by atoms with van der Waals surface area (Å²) in [5.74, 6) is -1.67. The highest BCUT2D eigenvalue weighted by atomic mass is 35.5. The van der Waals surface area contributed by atoms with E-state index in [0.29, 0.717) is 26.2 Å². The molecule has 0 radical (unpaired) electrons. The molecule has 21 heavy (non-hydrogen) atoms. The molecule has 1 atom stereocenters. The third-order valence-corrected chi connectivity index (χ3v) is 3.51. The van der Waals surface area contributed by atoms with Crippen molar-refractivity contribution in [2.24, 2.45) is 0 Å². The molecule has 0 unspecified atom stereocenters. The van der Waals surface area contributed by atoms with Gasteiger partial charge in [0.1, 0.15) is 0 Å². The molecule has 2 rings (SSSR count). The van der Waals surface area contributed by atoms with Gasteiger partial charge in [0.25, 0.3) is 0 Å². The van der Waals surface area contributed by atoms with Crippen molar-refractivity contribution in [1.29, 1.82) is 0 Å². The summed E-state index contributed by atoms with van der Waals surface area (Å²) in [7, 11) is 0. The zero-order valence-corrected chi connectivity index (χ0v) is 12.1. The first kappa shape index (κ1) is 17.7. The summed E-state index contributed by atoms with van der Waals surface area (Å²) >= 11 is 0. The van der Waals surface area contributed by atoms with Crippen LogP contribution in [0.4, 0.5) is 8.78 Å². The minimum atomic E-state index is -2.52. The average Bonchev–Trinajstić information content (AvgIpc) is 2.44. The Morgan fingerprint density at radius 2 is 1.71 bits per heavy atom. The van der Waals surface area contributed by atoms with E-state index in [1.807, 2.05) is 4.90 Å². The van der Waals surface area contributed by atoms with Gasteiger partial charge < -0.3 is 20.6 Å². The highest BCUT2D eigenvalue weighted by molar-refractivity contribution is 5.85. The van der Waals surface area contributed by atoms with Crippen molar-refractivity contribution < 1.29 is 24.1 Å². The predicted octanol–water partition coefficient (Wildman–Crippen LogP) is 1.83. The third-order valence-electron chi connectivity index (χ3n) is 3.51. The second kappa shape index (κ2) is 7.63. The van der Waals surface area contributed by atoms with Crippen molar-refractivity contribution in [2.45, 2.75) is 18.9 Å². The largest absolute Gasteiger partial charge is 0.504 e. The molecular formula is C13H19ClF2N2O3. The van der Waals surface area contributed by atoms with Crippen molar-refractivity contribution in [1.82, 2.24) is 10.2 Å². The normalized spacial score (nSPS) is 17.5. The second-order valence-corrected chi connectivity index (χ2v) is 4.80.